The Morgan fingerprint density at radius 2 is 1.89 bits per heavy atom. The van der Waals surface area contributed by atoms with Crippen LogP contribution in [0.15, 0.2) is 23.0 Å². The molecular weight excluding hydrogens is 246 g/mol. The molecule has 1 saturated carbocycles. The Bertz CT molecular complexity index is 680. The number of H-pyrrole nitrogens is 2. The number of carbonyl (C=O) groups is 1. The first-order valence-electron chi connectivity index (χ1n) is 6.33. The van der Waals surface area contributed by atoms with Crippen molar-refractivity contribution in [3.8, 4) is 0 Å². The van der Waals surface area contributed by atoms with Gasteiger partial charge in [-0.2, -0.15) is 0 Å². The Morgan fingerprint density at radius 1 is 1.21 bits per heavy atom. The van der Waals surface area contributed by atoms with Gasteiger partial charge < -0.3 is 20.4 Å². The maximum atomic E-state index is 12.0. The summed E-state index contributed by atoms with van der Waals surface area (Å²) in [5.41, 5.74) is 0.338. The summed E-state index contributed by atoms with van der Waals surface area (Å²) in [4.78, 5) is 28.4. The molecule has 0 atom stereocenters. The van der Waals surface area contributed by atoms with Crippen LogP contribution in [-0.2, 0) is 4.79 Å². The molecular formula is C13H15N3O3. The van der Waals surface area contributed by atoms with Crippen LogP contribution in [0.5, 0.6) is 0 Å². The number of aromatic nitrogens is 2. The van der Waals surface area contributed by atoms with E-state index >= 15 is 0 Å². The van der Waals surface area contributed by atoms with E-state index in [9.17, 15) is 14.7 Å². The number of benzene rings is 1. The van der Waals surface area contributed by atoms with Crippen LogP contribution in [0, 0.1) is 0 Å². The molecule has 6 heteroatoms. The maximum absolute atomic E-state index is 12.0. The quantitative estimate of drug-likeness (QED) is 0.651. The van der Waals surface area contributed by atoms with Crippen LogP contribution in [0.3, 0.4) is 0 Å². The van der Waals surface area contributed by atoms with Crippen LogP contribution in [0.25, 0.3) is 11.0 Å². The second-order valence-electron chi connectivity index (χ2n) is 5.03. The van der Waals surface area contributed by atoms with Crippen LogP contribution in [-0.4, -0.2) is 26.6 Å². The van der Waals surface area contributed by atoms with Gasteiger partial charge in [-0.05, 0) is 43.9 Å². The smallest absolute Gasteiger partial charge is 0.323 e. The first kappa shape index (κ1) is 12.0. The number of rotatable bonds is 2. The second kappa shape index (κ2) is 4.24. The maximum Gasteiger partial charge on any atom is 0.323 e. The van der Waals surface area contributed by atoms with Crippen molar-refractivity contribution in [2.45, 2.75) is 31.3 Å². The van der Waals surface area contributed by atoms with Gasteiger partial charge in [-0.25, -0.2) is 4.79 Å². The Morgan fingerprint density at radius 3 is 2.63 bits per heavy atom. The van der Waals surface area contributed by atoms with E-state index in [0.29, 0.717) is 29.6 Å². The molecule has 1 heterocycles. The Hall–Kier alpha value is -2.08. The number of hydrogen-bond donors (Lipinski definition) is 4. The lowest BCUT2D eigenvalue weighted by atomic mass is 10.0. The molecule has 19 heavy (non-hydrogen) atoms. The van der Waals surface area contributed by atoms with E-state index in [1.807, 2.05) is 0 Å². The van der Waals surface area contributed by atoms with Crippen molar-refractivity contribution in [3.63, 3.8) is 0 Å². The third-order valence-electron chi connectivity index (χ3n) is 3.63. The average molecular weight is 261 g/mol. The van der Waals surface area contributed by atoms with Gasteiger partial charge >= 0.3 is 5.69 Å². The second-order valence-corrected chi connectivity index (χ2v) is 5.03. The van der Waals surface area contributed by atoms with Gasteiger partial charge in [0, 0.05) is 5.69 Å². The first-order valence-corrected chi connectivity index (χ1v) is 6.33. The van der Waals surface area contributed by atoms with Crippen molar-refractivity contribution in [1.29, 1.82) is 0 Å². The minimum Gasteiger partial charge on any atom is -0.380 e. The molecule has 6 nitrogen and oxygen atoms in total. The number of aromatic amines is 2. The summed E-state index contributed by atoms with van der Waals surface area (Å²) in [5.74, 6) is -0.373. The lowest BCUT2D eigenvalue weighted by Crippen LogP contribution is -2.40. The van der Waals surface area contributed by atoms with E-state index in [-0.39, 0.29) is 11.6 Å². The van der Waals surface area contributed by atoms with Crippen molar-refractivity contribution in [1.82, 2.24) is 9.97 Å². The van der Waals surface area contributed by atoms with E-state index in [1.165, 1.54) is 0 Å². The molecule has 1 aliphatic carbocycles. The lowest BCUT2D eigenvalue weighted by molar-refractivity contribution is -0.133. The Balaban J connectivity index is 1.84. The highest BCUT2D eigenvalue weighted by Crippen LogP contribution is 2.30. The number of imidazole rings is 1. The fraction of sp³-hybridized carbons (Fsp3) is 0.385. The number of amides is 1. The molecule has 1 aromatic heterocycles. The van der Waals surface area contributed by atoms with Gasteiger partial charge in [-0.3, -0.25) is 4.79 Å². The van der Waals surface area contributed by atoms with E-state index in [2.05, 4.69) is 15.3 Å². The number of nitrogens with one attached hydrogen (secondary N) is 3. The van der Waals surface area contributed by atoms with Gasteiger partial charge in [-0.1, -0.05) is 0 Å². The number of carbonyl (C=O) groups excluding carboxylic acids is 1. The van der Waals surface area contributed by atoms with E-state index in [1.54, 1.807) is 18.2 Å². The fourth-order valence-electron chi connectivity index (χ4n) is 2.54. The topological polar surface area (TPSA) is 98.0 Å². The third kappa shape index (κ3) is 2.15. The minimum atomic E-state index is -1.25. The monoisotopic (exact) mass is 261 g/mol. The molecule has 1 amide bonds. The first-order chi connectivity index (χ1) is 9.07. The summed E-state index contributed by atoms with van der Waals surface area (Å²) in [6.45, 7) is 0. The largest absolute Gasteiger partial charge is 0.380 e. The number of fused-ring (bicyclic) bond motifs is 1. The molecule has 0 aliphatic heterocycles. The Labute approximate surface area is 108 Å². The summed E-state index contributed by atoms with van der Waals surface area (Å²) in [5, 5.41) is 12.9. The number of hydrogen-bond acceptors (Lipinski definition) is 3. The highest BCUT2D eigenvalue weighted by Gasteiger charge is 2.38. The zero-order valence-electron chi connectivity index (χ0n) is 10.3. The molecule has 4 N–H and O–H groups in total. The zero-order chi connectivity index (χ0) is 13.5. The summed E-state index contributed by atoms with van der Waals surface area (Å²) < 4.78 is 0. The van der Waals surface area contributed by atoms with Gasteiger partial charge in [-0.15, -0.1) is 0 Å². The van der Waals surface area contributed by atoms with Crippen molar-refractivity contribution in [2.75, 3.05) is 5.32 Å². The van der Waals surface area contributed by atoms with Crippen LogP contribution < -0.4 is 11.0 Å². The van der Waals surface area contributed by atoms with E-state index < -0.39 is 5.60 Å². The highest BCUT2D eigenvalue weighted by molar-refractivity contribution is 5.98. The molecule has 0 bridgehead atoms. The molecule has 1 fully saturated rings. The van der Waals surface area contributed by atoms with Gasteiger partial charge in [0.15, 0.2) is 0 Å². The van der Waals surface area contributed by atoms with Crippen LogP contribution in [0.2, 0.25) is 0 Å². The van der Waals surface area contributed by atoms with E-state index in [4.69, 9.17) is 0 Å². The summed E-state index contributed by atoms with van der Waals surface area (Å²) in [6.07, 6.45) is 2.74. The van der Waals surface area contributed by atoms with Gasteiger partial charge in [0.2, 0.25) is 0 Å². The van der Waals surface area contributed by atoms with Gasteiger partial charge in [0.25, 0.3) is 5.91 Å². The molecule has 0 saturated heterocycles. The summed E-state index contributed by atoms with van der Waals surface area (Å²) in [6, 6.07) is 5.08. The molecule has 0 unspecified atom stereocenters. The van der Waals surface area contributed by atoms with Crippen LogP contribution in [0.1, 0.15) is 25.7 Å². The van der Waals surface area contributed by atoms with Crippen LogP contribution >= 0.6 is 0 Å². The molecule has 100 valence electrons. The fourth-order valence-corrected chi connectivity index (χ4v) is 2.54. The standard InChI is InChI=1S/C13H15N3O3/c17-11(13(19)5-1-2-6-13)14-8-3-4-9-10(7-8)16-12(18)15-9/h3-4,7,19H,1-2,5-6H2,(H,14,17)(H2,15,16,18). The Kier molecular flexibility index (Phi) is 2.67. The summed E-state index contributed by atoms with van der Waals surface area (Å²) >= 11 is 0. The van der Waals surface area contributed by atoms with Crippen molar-refractivity contribution in [2.24, 2.45) is 0 Å². The zero-order valence-corrected chi connectivity index (χ0v) is 10.3. The molecule has 0 radical (unpaired) electrons. The average Bonchev–Trinajstić information content (AvgIpc) is 2.95. The molecule has 1 aromatic carbocycles. The van der Waals surface area contributed by atoms with Crippen LogP contribution in [0.4, 0.5) is 5.69 Å². The van der Waals surface area contributed by atoms with Crippen molar-refractivity contribution < 1.29 is 9.90 Å². The normalized spacial score (nSPS) is 17.7. The molecule has 0 spiro atoms. The highest BCUT2D eigenvalue weighted by atomic mass is 16.3. The number of aliphatic hydroxyl groups is 1. The third-order valence-corrected chi connectivity index (χ3v) is 3.63. The minimum absolute atomic E-state index is 0.284. The lowest BCUT2D eigenvalue weighted by Gasteiger charge is -2.20. The number of anilines is 1. The van der Waals surface area contributed by atoms with Crippen molar-refractivity contribution in [3.05, 3.63) is 28.7 Å². The molecule has 3 rings (SSSR count). The van der Waals surface area contributed by atoms with Gasteiger partial charge in [0.05, 0.1) is 11.0 Å². The molecule has 2 aromatic rings. The molecule has 1 aliphatic rings. The van der Waals surface area contributed by atoms with Gasteiger partial charge in [0.1, 0.15) is 5.60 Å². The van der Waals surface area contributed by atoms with Crippen molar-refractivity contribution >= 4 is 22.6 Å². The predicted molar refractivity (Wildman–Crippen MR) is 71.0 cm³/mol. The van der Waals surface area contributed by atoms with E-state index in [0.717, 1.165) is 12.8 Å². The summed E-state index contributed by atoms with van der Waals surface area (Å²) in [7, 11) is 0. The predicted octanol–water partition coefficient (Wildman–Crippen LogP) is 1.10. The SMILES string of the molecule is O=C(Nc1ccc2[nH]c(=O)[nH]c2c1)C1(O)CCCC1.